The predicted molar refractivity (Wildman–Crippen MR) is 166 cm³/mol. The molecule has 1 aromatic heterocycles. The molecule has 1 saturated heterocycles. The van der Waals surface area contributed by atoms with E-state index in [9.17, 15) is 18.3 Å². The molecule has 3 aromatic rings. The van der Waals surface area contributed by atoms with Crippen LogP contribution in [0.5, 0.6) is 0 Å². The normalized spacial score (nSPS) is 17.8. The van der Waals surface area contributed by atoms with Crippen LogP contribution in [0, 0.1) is 0 Å². The molecule has 11 nitrogen and oxygen atoms in total. The Hall–Kier alpha value is -3.16. The Morgan fingerprint density at radius 2 is 1.95 bits per heavy atom. The Morgan fingerprint density at radius 1 is 1.23 bits per heavy atom. The van der Waals surface area contributed by atoms with Crippen molar-refractivity contribution in [1.29, 1.82) is 0 Å². The second kappa shape index (κ2) is 14.5. The van der Waals surface area contributed by atoms with Gasteiger partial charge in [-0.15, -0.1) is 0 Å². The Morgan fingerprint density at radius 3 is 2.63 bits per heavy atom. The molecule has 0 spiro atoms. The Balaban J connectivity index is 0.00000135. The molecule has 1 fully saturated rings. The van der Waals surface area contributed by atoms with E-state index >= 15 is 0 Å². The molecule has 43 heavy (non-hydrogen) atoms. The van der Waals surface area contributed by atoms with Gasteiger partial charge in [-0.25, -0.2) is 8.42 Å². The summed E-state index contributed by atoms with van der Waals surface area (Å²) in [5, 5.41) is 26.0. The second-order valence-corrected chi connectivity index (χ2v) is 13.3. The first kappa shape index (κ1) is 32.7. The topological polar surface area (TPSA) is 150 Å². The van der Waals surface area contributed by atoms with Gasteiger partial charge in [-0.3, -0.25) is 13.9 Å². The number of rotatable bonds is 9. The Labute approximate surface area is 256 Å². The number of hydrogen-bond donors (Lipinski definition) is 4. The number of aryl methyl sites for hydroxylation is 2. The van der Waals surface area contributed by atoms with E-state index in [0.29, 0.717) is 49.0 Å². The van der Waals surface area contributed by atoms with Crippen molar-refractivity contribution in [1.82, 2.24) is 15.2 Å². The minimum absolute atomic E-state index is 0.0132. The monoisotopic (exact) mass is 634 g/mol. The third kappa shape index (κ3) is 7.87. The Bertz CT molecular complexity index is 1540. The molecule has 2 aliphatic heterocycles. The lowest BCUT2D eigenvalue weighted by molar-refractivity contribution is -0.122. The summed E-state index contributed by atoms with van der Waals surface area (Å²) in [5.74, 6) is -0.388. The molecule has 0 bridgehead atoms. The van der Waals surface area contributed by atoms with Gasteiger partial charge in [0.15, 0.2) is 0 Å². The summed E-state index contributed by atoms with van der Waals surface area (Å²) in [6.07, 6.45) is 3.98. The van der Waals surface area contributed by atoms with Crippen molar-refractivity contribution in [2.24, 2.45) is 0 Å². The zero-order valence-corrected chi connectivity index (χ0v) is 25.9. The first-order valence-electron chi connectivity index (χ1n) is 14.3. The molecule has 2 aromatic carbocycles. The van der Waals surface area contributed by atoms with E-state index < -0.39 is 22.2 Å². The summed E-state index contributed by atoms with van der Waals surface area (Å²) in [7, 11) is -2.00. The number of aliphatic hydroxyl groups excluding tert-OH is 1. The van der Waals surface area contributed by atoms with E-state index in [2.05, 4.69) is 10.6 Å². The van der Waals surface area contributed by atoms with Gasteiger partial charge in [0.05, 0.1) is 29.1 Å². The molecule has 5 rings (SSSR count). The summed E-state index contributed by atoms with van der Waals surface area (Å²) < 4.78 is 34.5. The molecular formula is C30H39ClN4O7S. The second-order valence-electron chi connectivity index (χ2n) is 10.8. The van der Waals surface area contributed by atoms with Crippen molar-refractivity contribution < 1.29 is 33.0 Å². The molecule has 13 heteroatoms. The SMILES string of the molecule is CCc1cn2c3c(cc(C(=O)N[C@@H](Cc4cccc(Cl)c4)[C@H](O)CNC4CCOCC4)cc13)N(C)S(=O)(=O)CC2.O=CO. The zero-order valence-electron chi connectivity index (χ0n) is 24.3. The first-order chi connectivity index (χ1) is 20.6. The molecule has 0 radical (unpaired) electrons. The number of hydrogen-bond acceptors (Lipinski definition) is 7. The van der Waals surface area contributed by atoms with E-state index in [0.717, 1.165) is 41.3 Å². The third-order valence-corrected chi connectivity index (χ3v) is 9.95. The maximum Gasteiger partial charge on any atom is 0.290 e. The molecule has 3 heterocycles. The summed E-state index contributed by atoms with van der Waals surface area (Å²) in [4.78, 5) is 22.1. The lowest BCUT2D eigenvalue weighted by Crippen LogP contribution is -2.50. The highest BCUT2D eigenvalue weighted by molar-refractivity contribution is 7.92. The van der Waals surface area contributed by atoms with Gasteiger partial charge in [-0.1, -0.05) is 30.7 Å². The maximum atomic E-state index is 13.8. The molecule has 0 saturated carbocycles. The number of nitrogens with one attached hydrogen (secondary N) is 2. The minimum atomic E-state index is -3.53. The van der Waals surface area contributed by atoms with E-state index in [1.54, 1.807) is 12.1 Å². The van der Waals surface area contributed by atoms with E-state index in [4.69, 9.17) is 26.2 Å². The maximum absolute atomic E-state index is 13.8. The van der Waals surface area contributed by atoms with Crippen LogP contribution >= 0.6 is 11.6 Å². The lowest BCUT2D eigenvalue weighted by Gasteiger charge is -2.28. The number of benzene rings is 2. The van der Waals surface area contributed by atoms with Crippen LogP contribution in [0.25, 0.3) is 10.9 Å². The standard InChI is InChI=1S/C29H37ClN4O5S.CH2O2/c1-3-20-18-34-9-12-40(37,38)33(2)26-16-21(15-24(20)28(26)34)29(36)32-25(14-19-5-4-6-22(30)13-19)27(35)17-31-23-7-10-39-11-8-23;2-1-3/h4-6,13,15-16,18,23,25,27,31,35H,3,7-12,14,17H2,1-2H3,(H,32,36);1H,(H,2,3)/t25-,27+;/m0./s1. The predicted octanol–water partition coefficient (Wildman–Crippen LogP) is 2.81. The largest absolute Gasteiger partial charge is 0.483 e. The first-order valence-corrected chi connectivity index (χ1v) is 16.3. The minimum Gasteiger partial charge on any atom is -0.483 e. The van der Waals surface area contributed by atoms with Gasteiger partial charge in [0, 0.05) is 61.6 Å². The highest BCUT2D eigenvalue weighted by Gasteiger charge is 2.29. The number of halogens is 1. The van der Waals surface area contributed by atoms with Crippen LogP contribution in [-0.2, 0) is 38.9 Å². The van der Waals surface area contributed by atoms with Crippen LogP contribution in [0.3, 0.4) is 0 Å². The molecule has 234 valence electrons. The van der Waals surface area contributed by atoms with E-state index in [1.165, 1.54) is 11.4 Å². The quantitative estimate of drug-likeness (QED) is 0.263. The van der Waals surface area contributed by atoms with Gasteiger partial charge in [0.1, 0.15) is 0 Å². The van der Waals surface area contributed by atoms with Gasteiger partial charge < -0.3 is 30.2 Å². The van der Waals surface area contributed by atoms with Gasteiger partial charge in [0.2, 0.25) is 10.0 Å². The average molecular weight is 635 g/mol. The number of carbonyl (C=O) groups excluding carboxylic acids is 1. The van der Waals surface area contributed by atoms with Gasteiger partial charge in [-0.05, 0) is 61.1 Å². The number of nitrogens with zero attached hydrogens (tertiary/aromatic N) is 2. The number of aliphatic hydroxyl groups is 1. The molecule has 4 N–H and O–H groups in total. The fraction of sp³-hybridized carbons (Fsp3) is 0.467. The van der Waals surface area contributed by atoms with Crippen molar-refractivity contribution in [2.45, 2.75) is 57.3 Å². The number of sulfonamides is 1. The van der Waals surface area contributed by atoms with Crippen molar-refractivity contribution in [2.75, 3.05) is 36.9 Å². The molecule has 2 aliphatic rings. The van der Waals surface area contributed by atoms with Crippen LogP contribution in [0.15, 0.2) is 42.6 Å². The highest BCUT2D eigenvalue weighted by atomic mass is 35.5. The van der Waals surface area contributed by atoms with Crippen LogP contribution in [0.1, 0.15) is 41.3 Å². The van der Waals surface area contributed by atoms with Crippen LogP contribution < -0.4 is 14.9 Å². The third-order valence-electron chi connectivity index (χ3n) is 7.99. The van der Waals surface area contributed by atoms with E-state index in [1.807, 2.05) is 42.0 Å². The van der Waals surface area contributed by atoms with Gasteiger partial charge in [-0.2, -0.15) is 0 Å². The van der Waals surface area contributed by atoms with Crippen molar-refractivity contribution in [3.8, 4) is 0 Å². The molecule has 2 atom stereocenters. The van der Waals surface area contributed by atoms with Gasteiger partial charge >= 0.3 is 0 Å². The number of anilines is 1. The number of carbonyl (C=O) groups is 2. The number of carboxylic acid groups (broad SMARTS) is 1. The summed E-state index contributed by atoms with van der Waals surface area (Å²) in [6.45, 7) is 3.83. The molecule has 0 aliphatic carbocycles. The number of amides is 1. The van der Waals surface area contributed by atoms with Gasteiger partial charge in [0.25, 0.3) is 12.4 Å². The molecular weight excluding hydrogens is 596 g/mol. The summed E-state index contributed by atoms with van der Waals surface area (Å²) in [5.41, 5.74) is 3.58. The molecule has 1 amide bonds. The van der Waals surface area contributed by atoms with Crippen molar-refractivity contribution in [3.05, 3.63) is 64.3 Å². The fourth-order valence-corrected chi connectivity index (χ4v) is 6.95. The zero-order chi connectivity index (χ0) is 31.1. The number of aromatic nitrogens is 1. The molecule has 0 unspecified atom stereocenters. The lowest BCUT2D eigenvalue weighted by atomic mass is 9.99. The average Bonchev–Trinajstić information content (AvgIpc) is 3.32. The Kier molecular flexibility index (Phi) is 11.1. The smallest absolute Gasteiger partial charge is 0.290 e. The van der Waals surface area contributed by atoms with Crippen LogP contribution in [0.4, 0.5) is 5.69 Å². The summed E-state index contributed by atoms with van der Waals surface area (Å²) >= 11 is 6.22. The highest BCUT2D eigenvalue weighted by Crippen LogP contribution is 2.35. The van der Waals surface area contributed by atoms with Crippen molar-refractivity contribution in [3.63, 3.8) is 0 Å². The van der Waals surface area contributed by atoms with Crippen LogP contribution in [-0.4, -0.2) is 86.3 Å². The fourth-order valence-electron chi connectivity index (χ4n) is 5.60. The van der Waals surface area contributed by atoms with E-state index in [-0.39, 0.29) is 24.2 Å². The van der Waals surface area contributed by atoms with Crippen molar-refractivity contribution >= 4 is 50.6 Å². The van der Waals surface area contributed by atoms with Crippen LogP contribution in [0.2, 0.25) is 5.02 Å². The number of ether oxygens (including phenoxy) is 1. The summed E-state index contributed by atoms with van der Waals surface area (Å²) in [6, 6.07) is 10.5.